The minimum absolute atomic E-state index is 0.209. The molecule has 1 heterocycles. The molecule has 3 rings (SSSR count). The molecule has 3 aromatic rings. The predicted octanol–water partition coefficient (Wildman–Crippen LogP) is 4.13. The molecule has 128 valence electrons. The van der Waals surface area contributed by atoms with Gasteiger partial charge >= 0.3 is 5.97 Å². The molecule has 0 saturated heterocycles. The summed E-state index contributed by atoms with van der Waals surface area (Å²) in [5.41, 5.74) is 3.98. The Morgan fingerprint density at radius 2 is 1.72 bits per heavy atom. The fraction of sp³-hybridized carbons (Fsp3) is 0.190. The van der Waals surface area contributed by atoms with Crippen LogP contribution in [0.4, 0.5) is 0 Å². The molecule has 1 atom stereocenters. The monoisotopic (exact) mass is 335 g/mol. The third kappa shape index (κ3) is 3.58. The first-order valence-electron chi connectivity index (χ1n) is 8.19. The highest BCUT2D eigenvalue weighted by Gasteiger charge is 2.25. The minimum atomic E-state index is -0.472. The van der Waals surface area contributed by atoms with Gasteiger partial charge in [0.1, 0.15) is 11.8 Å². The third-order valence-corrected chi connectivity index (χ3v) is 4.34. The van der Waals surface area contributed by atoms with Crippen molar-refractivity contribution in [1.82, 2.24) is 4.57 Å². The molecule has 0 aliphatic heterocycles. The summed E-state index contributed by atoms with van der Waals surface area (Å²) in [5.74, 6) is -0.0787. The molecule has 4 heteroatoms. The van der Waals surface area contributed by atoms with Crippen molar-refractivity contribution in [3.63, 3.8) is 0 Å². The lowest BCUT2D eigenvalue weighted by atomic mass is 10.0. The fourth-order valence-corrected chi connectivity index (χ4v) is 3.08. The molecule has 0 radical (unpaired) electrons. The Bertz CT molecular complexity index is 851. The van der Waals surface area contributed by atoms with Crippen LogP contribution in [-0.4, -0.2) is 22.8 Å². The van der Waals surface area contributed by atoms with E-state index in [1.807, 2.05) is 66.1 Å². The summed E-state index contributed by atoms with van der Waals surface area (Å²) in [6, 6.07) is 20.5. The van der Waals surface area contributed by atoms with Gasteiger partial charge in [-0.25, -0.2) is 4.79 Å². The molecule has 1 N–H and O–H groups in total. The topological polar surface area (TPSA) is 51.5 Å². The summed E-state index contributed by atoms with van der Waals surface area (Å²) in [4.78, 5) is 12.5. The number of aromatic nitrogens is 1. The van der Waals surface area contributed by atoms with E-state index >= 15 is 0 Å². The fourth-order valence-electron chi connectivity index (χ4n) is 3.08. The van der Waals surface area contributed by atoms with Gasteiger partial charge in [0.2, 0.25) is 0 Å². The number of phenols is 1. The standard InChI is InChI=1S/C21H21NO3/c1-15-8-13-19(17-6-4-3-5-7-17)22(15)20(21(24)25-2)14-16-9-11-18(23)12-10-16/h3-13,20,23H,14H2,1-2H3/t20-/m0/s1. The van der Waals surface area contributed by atoms with Gasteiger partial charge in [0, 0.05) is 17.8 Å². The van der Waals surface area contributed by atoms with E-state index in [2.05, 4.69) is 0 Å². The summed E-state index contributed by atoms with van der Waals surface area (Å²) in [6.45, 7) is 1.99. The number of rotatable bonds is 5. The van der Waals surface area contributed by atoms with E-state index in [0.717, 1.165) is 22.5 Å². The number of aromatic hydroxyl groups is 1. The number of hydrogen-bond donors (Lipinski definition) is 1. The van der Waals surface area contributed by atoms with Crippen LogP contribution in [0.15, 0.2) is 66.7 Å². The molecule has 4 nitrogen and oxygen atoms in total. The molecule has 0 saturated carbocycles. The predicted molar refractivity (Wildman–Crippen MR) is 97.5 cm³/mol. The number of hydrogen-bond acceptors (Lipinski definition) is 3. The second kappa shape index (κ2) is 7.26. The van der Waals surface area contributed by atoms with Crippen molar-refractivity contribution in [1.29, 1.82) is 0 Å². The summed E-state index contributed by atoms with van der Waals surface area (Å²) >= 11 is 0. The number of ether oxygens (including phenoxy) is 1. The molecule has 0 amide bonds. The molecule has 0 unspecified atom stereocenters. The Balaban J connectivity index is 2.04. The number of benzene rings is 2. The lowest BCUT2D eigenvalue weighted by Gasteiger charge is -2.22. The lowest BCUT2D eigenvalue weighted by Crippen LogP contribution is -2.24. The van der Waals surface area contributed by atoms with Crippen LogP contribution in [0, 0.1) is 6.92 Å². The number of phenolic OH excluding ortho intramolecular Hbond substituents is 1. The van der Waals surface area contributed by atoms with Crippen molar-refractivity contribution < 1.29 is 14.6 Å². The second-order valence-corrected chi connectivity index (χ2v) is 6.01. The van der Waals surface area contributed by atoms with E-state index in [-0.39, 0.29) is 11.7 Å². The van der Waals surface area contributed by atoms with Gasteiger partial charge in [-0.15, -0.1) is 0 Å². The van der Waals surface area contributed by atoms with E-state index in [1.165, 1.54) is 7.11 Å². The number of esters is 1. The van der Waals surface area contributed by atoms with Gasteiger partial charge in [-0.1, -0.05) is 42.5 Å². The molecule has 2 aromatic carbocycles. The average molecular weight is 335 g/mol. The molecule has 1 aromatic heterocycles. The zero-order valence-corrected chi connectivity index (χ0v) is 14.3. The molecular weight excluding hydrogens is 314 g/mol. The zero-order valence-electron chi connectivity index (χ0n) is 14.3. The average Bonchev–Trinajstić information content (AvgIpc) is 3.02. The van der Waals surface area contributed by atoms with Crippen LogP contribution in [0.5, 0.6) is 5.75 Å². The van der Waals surface area contributed by atoms with Gasteiger partial charge < -0.3 is 14.4 Å². The van der Waals surface area contributed by atoms with Crippen LogP contribution >= 0.6 is 0 Å². The van der Waals surface area contributed by atoms with E-state index in [0.29, 0.717) is 6.42 Å². The van der Waals surface area contributed by atoms with E-state index in [1.54, 1.807) is 12.1 Å². The van der Waals surface area contributed by atoms with Crippen LogP contribution in [0.2, 0.25) is 0 Å². The number of aryl methyl sites for hydroxylation is 1. The Morgan fingerprint density at radius 1 is 1.04 bits per heavy atom. The maximum Gasteiger partial charge on any atom is 0.329 e. The highest BCUT2D eigenvalue weighted by Crippen LogP contribution is 2.29. The molecule has 0 aliphatic rings. The van der Waals surface area contributed by atoms with Gasteiger partial charge in [-0.05, 0) is 42.3 Å². The summed E-state index contributed by atoms with van der Waals surface area (Å²) in [7, 11) is 1.41. The van der Waals surface area contributed by atoms with E-state index in [4.69, 9.17) is 4.74 Å². The second-order valence-electron chi connectivity index (χ2n) is 6.01. The molecule has 25 heavy (non-hydrogen) atoms. The maximum atomic E-state index is 12.5. The molecule has 0 aliphatic carbocycles. The van der Waals surface area contributed by atoms with Gasteiger partial charge in [0.15, 0.2) is 0 Å². The van der Waals surface area contributed by atoms with Crippen LogP contribution in [0.3, 0.4) is 0 Å². The number of nitrogens with zero attached hydrogens (tertiary/aromatic N) is 1. The van der Waals surface area contributed by atoms with Crippen LogP contribution in [0.1, 0.15) is 17.3 Å². The molecular formula is C21H21NO3. The lowest BCUT2D eigenvalue weighted by molar-refractivity contribution is -0.144. The van der Waals surface area contributed by atoms with Gasteiger partial charge in [-0.3, -0.25) is 0 Å². The van der Waals surface area contributed by atoms with Gasteiger partial charge in [-0.2, -0.15) is 0 Å². The van der Waals surface area contributed by atoms with Crippen LogP contribution in [-0.2, 0) is 16.0 Å². The number of methoxy groups -OCH3 is 1. The summed E-state index contributed by atoms with van der Waals surface area (Å²) in [6.07, 6.45) is 0.488. The van der Waals surface area contributed by atoms with Crippen LogP contribution < -0.4 is 0 Å². The first kappa shape index (κ1) is 16.8. The van der Waals surface area contributed by atoms with Crippen molar-refractivity contribution in [3.8, 4) is 17.0 Å². The Kier molecular flexibility index (Phi) is 4.89. The van der Waals surface area contributed by atoms with Crippen molar-refractivity contribution in [2.24, 2.45) is 0 Å². The summed E-state index contributed by atoms with van der Waals surface area (Å²) < 4.78 is 7.09. The largest absolute Gasteiger partial charge is 0.508 e. The van der Waals surface area contributed by atoms with E-state index in [9.17, 15) is 9.90 Å². The Hall–Kier alpha value is -3.01. The SMILES string of the molecule is COC(=O)[C@H](Cc1ccc(O)cc1)n1c(C)ccc1-c1ccccc1. The first-order valence-corrected chi connectivity index (χ1v) is 8.19. The smallest absolute Gasteiger partial charge is 0.329 e. The highest BCUT2D eigenvalue weighted by atomic mass is 16.5. The Morgan fingerprint density at radius 3 is 2.36 bits per heavy atom. The maximum absolute atomic E-state index is 12.5. The van der Waals surface area contributed by atoms with Crippen molar-refractivity contribution in [2.45, 2.75) is 19.4 Å². The normalized spacial score (nSPS) is 11.9. The van der Waals surface area contributed by atoms with Crippen molar-refractivity contribution >= 4 is 5.97 Å². The zero-order chi connectivity index (χ0) is 17.8. The van der Waals surface area contributed by atoms with Crippen molar-refractivity contribution in [2.75, 3.05) is 7.11 Å². The van der Waals surface area contributed by atoms with Crippen LogP contribution in [0.25, 0.3) is 11.3 Å². The quantitative estimate of drug-likeness (QED) is 0.713. The highest BCUT2D eigenvalue weighted by molar-refractivity contribution is 5.76. The Labute approximate surface area is 147 Å². The van der Waals surface area contributed by atoms with E-state index < -0.39 is 6.04 Å². The van der Waals surface area contributed by atoms with Crippen molar-refractivity contribution in [3.05, 3.63) is 78.0 Å². The molecule has 0 bridgehead atoms. The number of carbonyl (C=O) groups is 1. The number of carbonyl (C=O) groups excluding carboxylic acids is 1. The van der Waals surface area contributed by atoms with Gasteiger partial charge in [0.25, 0.3) is 0 Å². The molecule has 0 spiro atoms. The van der Waals surface area contributed by atoms with Gasteiger partial charge in [0.05, 0.1) is 7.11 Å². The first-order chi connectivity index (χ1) is 12.1. The minimum Gasteiger partial charge on any atom is -0.508 e. The third-order valence-electron chi connectivity index (χ3n) is 4.34. The summed E-state index contributed by atoms with van der Waals surface area (Å²) in [5, 5.41) is 9.47. The molecule has 0 fully saturated rings.